The summed E-state index contributed by atoms with van der Waals surface area (Å²) in [7, 11) is -3.46. The van der Waals surface area contributed by atoms with Crippen molar-refractivity contribution < 1.29 is 18.0 Å². The molecule has 8 heteroatoms. The molecule has 7 nitrogen and oxygen atoms in total. The van der Waals surface area contributed by atoms with Crippen LogP contribution in [0, 0.1) is 5.92 Å². The first-order valence-corrected chi connectivity index (χ1v) is 14.0. The molecule has 0 saturated carbocycles. The van der Waals surface area contributed by atoms with E-state index in [1.807, 2.05) is 54.3 Å². The maximum Gasteiger partial charge on any atom is 0.254 e. The van der Waals surface area contributed by atoms with E-state index in [1.165, 1.54) is 0 Å². The van der Waals surface area contributed by atoms with E-state index in [4.69, 9.17) is 5.73 Å². The molecule has 2 amide bonds. The molecule has 5 rings (SSSR count). The molecule has 3 heterocycles. The molecule has 5 atom stereocenters. The Morgan fingerprint density at radius 1 is 0.943 bits per heavy atom. The number of hydrogen-bond donors (Lipinski definition) is 1. The number of nitrogens with zero attached hydrogens (tertiary/aromatic N) is 2. The first kappa shape index (κ1) is 24.0. The molecular formula is C27H33N3O4S. The topological polar surface area (TPSA) is 101 Å². The van der Waals surface area contributed by atoms with Crippen molar-refractivity contribution in [1.29, 1.82) is 0 Å². The van der Waals surface area contributed by atoms with Crippen molar-refractivity contribution in [1.82, 2.24) is 9.21 Å². The number of nitrogens with two attached hydrogens (primary N) is 1. The van der Waals surface area contributed by atoms with Crippen LogP contribution in [-0.2, 0) is 27.8 Å². The van der Waals surface area contributed by atoms with Crippen LogP contribution in [0.25, 0.3) is 0 Å². The van der Waals surface area contributed by atoms with E-state index in [1.54, 1.807) is 16.4 Å². The van der Waals surface area contributed by atoms with E-state index in [-0.39, 0.29) is 35.9 Å². The van der Waals surface area contributed by atoms with Gasteiger partial charge in [-0.05, 0) is 68.7 Å². The highest BCUT2D eigenvalue weighted by Crippen LogP contribution is 2.42. The molecule has 2 aromatic carbocycles. The minimum atomic E-state index is -3.46. The number of sulfonamides is 1. The first-order valence-electron chi connectivity index (χ1n) is 12.5. The van der Waals surface area contributed by atoms with Crippen LogP contribution < -0.4 is 5.73 Å². The van der Waals surface area contributed by atoms with Crippen molar-refractivity contribution in [3.8, 4) is 0 Å². The van der Waals surface area contributed by atoms with E-state index >= 15 is 0 Å². The van der Waals surface area contributed by atoms with E-state index in [0.29, 0.717) is 31.4 Å². The highest BCUT2D eigenvalue weighted by atomic mass is 32.2. The van der Waals surface area contributed by atoms with E-state index in [2.05, 4.69) is 0 Å². The molecule has 5 unspecified atom stereocenters. The Morgan fingerprint density at radius 2 is 1.66 bits per heavy atom. The van der Waals surface area contributed by atoms with Crippen LogP contribution >= 0.6 is 0 Å². The quantitative estimate of drug-likeness (QED) is 0.665. The van der Waals surface area contributed by atoms with Crippen LogP contribution in [-0.4, -0.2) is 52.8 Å². The molecule has 3 saturated heterocycles. The Kier molecular flexibility index (Phi) is 6.44. The van der Waals surface area contributed by atoms with E-state index in [9.17, 15) is 18.0 Å². The maximum atomic E-state index is 13.5. The van der Waals surface area contributed by atoms with Gasteiger partial charge in [0.1, 0.15) is 0 Å². The van der Waals surface area contributed by atoms with Crippen molar-refractivity contribution in [2.75, 3.05) is 0 Å². The summed E-state index contributed by atoms with van der Waals surface area (Å²) in [6, 6.07) is 16.9. The predicted octanol–water partition coefficient (Wildman–Crippen LogP) is 3.09. The third-order valence-corrected chi connectivity index (χ3v) is 10.5. The molecule has 186 valence electrons. The molecule has 0 radical (unpaired) electrons. The number of hydrogen-bond acceptors (Lipinski definition) is 4. The second-order valence-electron chi connectivity index (χ2n) is 10.3. The summed E-state index contributed by atoms with van der Waals surface area (Å²) in [6.45, 7) is 2.26. The number of carbonyl (C=O) groups is 2. The van der Waals surface area contributed by atoms with Gasteiger partial charge in [-0.15, -0.1) is 0 Å². The predicted molar refractivity (Wildman–Crippen MR) is 134 cm³/mol. The lowest BCUT2D eigenvalue weighted by Crippen LogP contribution is -2.48. The highest BCUT2D eigenvalue weighted by Gasteiger charge is 2.50. The van der Waals surface area contributed by atoms with Crippen LogP contribution in [0.3, 0.4) is 0 Å². The second kappa shape index (κ2) is 9.39. The van der Waals surface area contributed by atoms with Gasteiger partial charge in [0.15, 0.2) is 0 Å². The van der Waals surface area contributed by atoms with Gasteiger partial charge < -0.3 is 10.6 Å². The molecule has 2 aromatic rings. The lowest BCUT2D eigenvalue weighted by atomic mass is 9.89. The zero-order valence-corrected chi connectivity index (χ0v) is 20.9. The van der Waals surface area contributed by atoms with Gasteiger partial charge >= 0.3 is 0 Å². The fourth-order valence-corrected chi connectivity index (χ4v) is 8.34. The van der Waals surface area contributed by atoms with Crippen molar-refractivity contribution in [3.63, 3.8) is 0 Å². The molecule has 2 N–H and O–H groups in total. The first-order chi connectivity index (χ1) is 16.8. The lowest BCUT2D eigenvalue weighted by Gasteiger charge is -2.37. The van der Waals surface area contributed by atoms with E-state index in [0.717, 1.165) is 30.4 Å². The minimum absolute atomic E-state index is 0.0701. The Balaban J connectivity index is 1.29. The minimum Gasteiger partial charge on any atom is -0.369 e. The Hall–Kier alpha value is -2.71. The third kappa shape index (κ3) is 4.49. The Labute approximate surface area is 207 Å². The SMILES string of the molecule is CC1CCC(Cc2ccccc2)S(=O)(=O)N1Cc1ccc(C(=O)N2C3CCC2C(C(N)=O)C3)cc1. The molecular weight excluding hydrogens is 462 g/mol. The number of carbonyl (C=O) groups excluding carboxylic acids is 2. The summed E-state index contributed by atoms with van der Waals surface area (Å²) in [4.78, 5) is 26.8. The monoisotopic (exact) mass is 495 g/mol. The van der Waals surface area contributed by atoms with Crippen LogP contribution in [0.4, 0.5) is 0 Å². The highest BCUT2D eigenvalue weighted by molar-refractivity contribution is 7.89. The number of amides is 2. The van der Waals surface area contributed by atoms with Crippen molar-refractivity contribution in [3.05, 3.63) is 71.3 Å². The number of benzene rings is 2. The summed E-state index contributed by atoms with van der Waals surface area (Å²) in [5.74, 6) is -0.658. The molecule has 3 aliphatic heterocycles. The third-order valence-electron chi connectivity index (χ3n) is 8.13. The second-order valence-corrected chi connectivity index (χ2v) is 12.4. The van der Waals surface area contributed by atoms with Gasteiger partial charge in [-0.3, -0.25) is 9.59 Å². The van der Waals surface area contributed by atoms with Gasteiger partial charge in [0.05, 0.1) is 11.2 Å². The molecule has 0 aromatic heterocycles. The summed E-state index contributed by atoms with van der Waals surface area (Å²) in [5.41, 5.74) is 8.00. The number of fused-ring (bicyclic) bond motifs is 2. The van der Waals surface area contributed by atoms with Gasteiger partial charge in [0, 0.05) is 30.2 Å². The van der Waals surface area contributed by atoms with Crippen LogP contribution in [0.15, 0.2) is 54.6 Å². The Bertz CT molecular complexity index is 1200. The van der Waals surface area contributed by atoms with Crippen LogP contribution in [0.5, 0.6) is 0 Å². The van der Waals surface area contributed by atoms with Gasteiger partial charge in [-0.2, -0.15) is 4.31 Å². The summed E-state index contributed by atoms with van der Waals surface area (Å²) >= 11 is 0. The van der Waals surface area contributed by atoms with Gasteiger partial charge in [-0.1, -0.05) is 42.5 Å². The zero-order valence-electron chi connectivity index (χ0n) is 20.0. The van der Waals surface area contributed by atoms with Crippen molar-refractivity contribution in [2.24, 2.45) is 11.7 Å². The Morgan fingerprint density at radius 3 is 2.31 bits per heavy atom. The van der Waals surface area contributed by atoms with Crippen LogP contribution in [0.1, 0.15) is 60.5 Å². The molecule has 0 aliphatic carbocycles. The number of rotatable bonds is 6. The van der Waals surface area contributed by atoms with Crippen LogP contribution in [0.2, 0.25) is 0 Å². The summed E-state index contributed by atoms with van der Waals surface area (Å²) < 4.78 is 28.6. The average Bonchev–Trinajstić information content (AvgIpc) is 3.43. The maximum absolute atomic E-state index is 13.5. The largest absolute Gasteiger partial charge is 0.369 e. The molecule has 0 spiro atoms. The van der Waals surface area contributed by atoms with Gasteiger partial charge in [0.25, 0.3) is 5.91 Å². The van der Waals surface area contributed by atoms with Crippen molar-refractivity contribution >= 4 is 21.8 Å². The fraction of sp³-hybridized carbons (Fsp3) is 0.481. The van der Waals surface area contributed by atoms with E-state index < -0.39 is 15.3 Å². The molecule has 2 bridgehead atoms. The van der Waals surface area contributed by atoms with Gasteiger partial charge in [-0.25, -0.2) is 8.42 Å². The normalized spacial score (nSPS) is 29.9. The summed E-state index contributed by atoms with van der Waals surface area (Å²) in [6.07, 6.45) is 4.38. The lowest BCUT2D eigenvalue weighted by molar-refractivity contribution is -0.122. The molecule has 35 heavy (non-hydrogen) atoms. The standard InChI is InChI=1S/C27H33N3O4S/c1-18-7-13-23(15-19-5-3-2-4-6-19)35(33,34)29(18)17-20-8-10-21(11-9-20)27(32)30-22-12-14-25(30)24(16-22)26(28)31/h2-6,8-11,18,22-25H,7,12-17H2,1H3,(H2,28,31). The molecule has 3 fully saturated rings. The smallest absolute Gasteiger partial charge is 0.254 e. The molecule has 3 aliphatic rings. The number of primary amides is 1. The average molecular weight is 496 g/mol. The fourth-order valence-electron chi connectivity index (χ4n) is 6.19. The summed E-state index contributed by atoms with van der Waals surface area (Å²) in [5, 5.41) is -0.425. The van der Waals surface area contributed by atoms with Gasteiger partial charge in [0.2, 0.25) is 15.9 Å². The van der Waals surface area contributed by atoms with Crippen molar-refractivity contribution in [2.45, 2.75) is 75.4 Å². The zero-order chi connectivity index (χ0) is 24.7.